The lowest BCUT2D eigenvalue weighted by Crippen LogP contribution is -1.92. The highest BCUT2D eigenvalue weighted by molar-refractivity contribution is 9.10. The Balaban J connectivity index is 2.02. The molecule has 1 aromatic carbocycles. The summed E-state index contributed by atoms with van der Waals surface area (Å²) >= 11 is 5.15. The van der Waals surface area contributed by atoms with E-state index in [9.17, 15) is 0 Å². The Labute approximate surface area is 95.5 Å². The minimum Gasteiger partial charge on any atom is -0.487 e. The van der Waals surface area contributed by atoms with Gasteiger partial charge in [-0.3, -0.25) is 0 Å². The van der Waals surface area contributed by atoms with E-state index in [0.717, 1.165) is 10.2 Å². The van der Waals surface area contributed by atoms with E-state index in [-0.39, 0.29) is 0 Å². The van der Waals surface area contributed by atoms with E-state index in [1.807, 2.05) is 30.3 Å². The highest BCUT2D eigenvalue weighted by Gasteiger charge is 1.99. The van der Waals surface area contributed by atoms with Crippen LogP contribution in [0.1, 0.15) is 4.88 Å². The zero-order chi connectivity index (χ0) is 9.80. The van der Waals surface area contributed by atoms with Crippen LogP contribution in [-0.2, 0) is 6.61 Å². The molecule has 0 aliphatic carbocycles. The molecule has 1 aromatic heterocycles. The average molecular weight is 269 g/mol. The van der Waals surface area contributed by atoms with Gasteiger partial charge in [0.15, 0.2) is 0 Å². The highest BCUT2D eigenvalue weighted by Crippen LogP contribution is 2.25. The first-order chi connectivity index (χ1) is 6.86. The van der Waals surface area contributed by atoms with E-state index in [1.54, 1.807) is 11.3 Å². The summed E-state index contributed by atoms with van der Waals surface area (Å²) in [5.74, 6) is 0.890. The summed E-state index contributed by atoms with van der Waals surface area (Å²) in [5.41, 5.74) is 0. The summed E-state index contributed by atoms with van der Waals surface area (Å²) in [5, 5.41) is 2.05. The number of para-hydroxylation sites is 1. The van der Waals surface area contributed by atoms with Gasteiger partial charge in [-0.1, -0.05) is 18.2 Å². The number of thiophene rings is 1. The minimum atomic E-state index is 0.639. The topological polar surface area (TPSA) is 9.23 Å². The van der Waals surface area contributed by atoms with Gasteiger partial charge in [-0.15, -0.1) is 11.3 Å². The van der Waals surface area contributed by atoms with Crippen molar-refractivity contribution in [2.45, 2.75) is 6.61 Å². The number of benzene rings is 1. The van der Waals surface area contributed by atoms with E-state index in [4.69, 9.17) is 4.74 Å². The lowest BCUT2D eigenvalue weighted by atomic mass is 10.3. The van der Waals surface area contributed by atoms with Gasteiger partial charge in [-0.2, -0.15) is 0 Å². The van der Waals surface area contributed by atoms with Crippen molar-refractivity contribution in [3.8, 4) is 5.75 Å². The summed E-state index contributed by atoms with van der Waals surface area (Å²) in [6.07, 6.45) is 0. The molecule has 0 atom stereocenters. The molecule has 1 heterocycles. The number of ether oxygens (including phenoxy) is 1. The second-order valence-electron chi connectivity index (χ2n) is 2.80. The van der Waals surface area contributed by atoms with Crippen LogP contribution < -0.4 is 4.74 Å². The Hall–Kier alpha value is -0.800. The Morgan fingerprint density at radius 1 is 1.14 bits per heavy atom. The quantitative estimate of drug-likeness (QED) is 0.815. The number of rotatable bonds is 3. The van der Waals surface area contributed by atoms with Crippen molar-refractivity contribution in [2.75, 3.05) is 0 Å². The van der Waals surface area contributed by atoms with E-state index < -0.39 is 0 Å². The molecular formula is C11H9BrOS. The maximum atomic E-state index is 5.64. The summed E-state index contributed by atoms with van der Waals surface area (Å²) in [6, 6.07) is 12.0. The fourth-order valence-corrected chi connectivity index (χ4v) is 2.12. The van der Waals surface area contributed by atoms with Crippen molar-refractivity contribution in [1.82, 2.24) is 0 Å². The van der Waals surface area contributed by atoms with Crippen LogP contribution in [0.5, 0.6) is 5.75 Å². The third-order valence-electron chi connectivity index (χ3n) is 1.79. The molecule has 14 heavy (non-hydrogen) atoms. The zero-order valence-electron chi connectivity index (χ0n) is 7.44. The first-order valence-electron chi connectivity index (χ1n) is 4.26. The van der Waals surface area contributed by atoms with Gasteiger partial charge in [0.05, 0.1) is 4.47 Å². The Bertz CT molecular complexity index is 397. The van der Waals surface area contributed by atoms with Crippen LogP contribution in [0.25, 0.3) is 0 Å². The molecule has 0 amide bonds. The predicted octanol–water partition coefficient (Wildman–Crippen LogP) is 4.09. The van der Waals surface area contributed by atoms with Gasteiger partial charge in [0.1, 0.15) is 12.4 Å². The largest absolute Gasteiger partial charge is 0.487 e. The first kappa shape index (κ1) is 9.74. The molecule has 72 valence electrons. The molecule has 3 heteroatoms. The Kier molecular flexibility index (Phi) is 3.22. The van der Waals surface area contributed by atoms with E-state index in [2.05, 4.69) is 27.4 Å². The van der Waals surface area contributed by atoms with Crippen LogP contribution in [-0.4, -0.2) is 0 Å². The van der Waals surface area contributed by atoms with Gasteiger partial charge >= 0.3 is 0 Å². The van der Waals surface area contributed by atoms with Crippen LogP contribution in [0.15, 0.2) is 46.3 Å². The van der Waals surface area contributed by atoms with Crippen molar-refractivity contribution in [2.24, 2.45) is 0 Å². The molecule has 1 nitrogen and oxygen atoms in total. The summed E-state index contributed by atoms with van der Waals surface area (Å²) in [4.78, 5) is 1.24. The molecule has 0 saturated carbocycles. The van der Waals surface area contributed by atoms with Crippen molar-refractivity contribution in [1.29, 1.82) is 0 Å². The number of halogens is 1. The second kappa shape index (κ2) is 4.62. The molecule has 0 radical (unpaired) electrons. The van der Waals surface area contributed by atoms with Crippen LogP contribution >= 0.6 is 27.3 Å². The van der Waals surface area contributed by atoms with Crippen LogP contribution in [0.2, 0.25) is 0 Å². The molecule has 0 aliphatic rings. The fourth-order valence-electron chi connectivity index (χ4n) is 1.11. The lowest BCUT2D eigenvalue weighted by molar-refractivity contribution is 0.308. The normalized spacial score (nSPS) is 10.1. The maximum absolute atomic E-state index is 5.64. The molecule has 0 unspecified atom stereocenters. The highest BCUT2D eigenvalue weighted by atomic mass is 79.9. The summed E-state index contributed by atoms with van der Waals surface area (Å²) < 4.78 is 6.64. The van der Waals surface area contributed by atoms with E-state index in [0.29, 0.717) is 6.61 Å². The molecule has 0 aliphatic heterocycles. The van der Waals surface area contributed by atoms with Crippen molar-refractivity contribution in [3.63, 3.8) is 0 Å². The van der Waals surface area contributed by atoms with Gasteiger partial charge in [-0.25, -0.2) is 0 Å². The number of hydrogen-bond acceptors (Lipinski definition) is 2. The van der Waals surface area contributed by atoms with E-state index >= 15 is 0 Å². The molecule has 0 saturated heterocycles. The Morgan fingerprint density at radius 3 is 2.71 bits per heavy atom. The minimum absolute atomic E-state index is 0.639. The monoisotopic (exact) mass is 268 g/mol. The standard InChI is InChI=1S/C11H9BrOS/c12-10-5-1-2-6-11(10)13-8-9-4-3-7-14-9/h1-7H,8H2. The third kappa shape index (κ3) is 2.36. The molecule has 0 bridgehead atoms. The van der Waals surface area contributed by atoms with Crippen LogP contribution in [0.3, 0.4) is 0 Å². The molecule has 0 N–H and O–H groups in total. The molecule has 0 spiro atoms. The summed E-state index contributed by atoms with van der Waals surface area (Å²) in [7, 11) is 0. The van der Waals surface area contributed by atoms with E-state index in [1.165, 1.54) is 4.88 Å². The molecular weight excluding hydrogens is 260 g/mol. The van der Waals surface area contributed by atoms with Crippen molar-refractivity contribution in [3.05, 3.63) is 51.1 Å². The van der Waals surface area contributed by atoms with Crippen molar-refractivity contribution >= 4 is 27.3 Å². The molecule has 2 aromatic rings. The summed E-state index contributed by atoms with van der Waals surface area (Å²) in [6.45, 7) is 0.639. The average Bonchev–Trinajstić information content (AvgIpc) is 2.69. The third-order valence-corrected chi connectivity index (χ3v) is 3.29. The van der Waals surface area contributed by atoms with Crippen molar-refractivity contribution < 1.29 is 4.74 Å². The number of hydrogen-bond donors (Lipinski definition) is 0. The van der Waals surface area contributed by atoms with Gasteiger partial charge in [-0.05, 0) is 39.5 Å². The van der Waals surface area contributed by atoms with Gasteiger partial charge in [0, 0.05) is 4.88 Å². The fraction of sp³-hybridized carbons (Fsp3) is 0.0909. The maximum Gasteiger partial charge on any atom is 0.134 e. The van der Waals surface area contributed by atoms with Gasteiger partial charge in [0.25, 0.3) is 0 Å². The van der Waals surface area contributed by atoms with Crippen LogP contribution in [0.4, 0.5) is 0 Å². The van der Waals surface area contributed by atoms with Gasteiger partial charge in [0.2, 0.25) is 0 Å². The Morgan fingerprint density at radius 2 is 2.00 bits per heavy atom. The first-order valence-corrected chi connectivity index (χ1v) is 5.93. The van der Waals surface area contributed by atoms with Gasteiger partial charge < -0.3 is 4.74 Å². The SMILES string of the molecule is Brc1ccccc1OCc1cccs1. The zero-order valence-corrected chi connectivity index (χ0v) is 9.85. The smallest absolute Gasteiger partial charge is 0.134 e. The molecule has 2 rings (SSSR count). The second-order valence-corrected chi connectivity index (χ2v) is 4.69. The predicted molar refractivity (Wildman–Crippen MR) is 62.8 cm³/mol. The molecule has 0 fully saturated rings. The van der Waals surface area contributed by atoms with Crippen LogP contribution in [0, 0.1) is 0 Å². The lowest BCUT2D eigenvalue weighted by Gasteiger charge is -2.05.